The van der Waals surface area contributed by atoms with E-state index in [-0.39, 0.29) is 17.6 Å². The van der Waals surface area contributed by atoms with E-state index >= 15 is 0 Å². The highest BCUT2D eigenvalue weighted by atomic mass is 16.2. The van der Waals surface area contributed by atoms with Gasteiger partial charge < -0.3 is 9.80 Å². The van der Waals surface area contributed by atoms with Gasteiger partial charge in [0.2, 0.25) is 5.91 Å². The minimum absolute atomic E-state index is 0.0268. The number of hydrogen-bond acceptors (Lipinski definition) is 3. The molecule has 1 aliphatic rings. The maximum absolute atomic E-state index is 12.0. The van der Waals surface area contributed by atoms with E-state index in [1.54, 1.807) is 0 Å². The van der Waals surface area contributed by atoms with Crippen molar-refractivity contribution in [2.45, 2.75) is 47.5 Å². The van der Waals surface area contributed by atoms with E-state index in [1.807, 2.05) is 63.8 Å². The summed E-state index contributed by atoms with van der Waals surface area (Å²) < 4.78 is 0. The van der Waals surface area contributed by atoms with Crippen LogP contribution >= 0.6 is 0 Å². The molecule has 1 amide bonds. The second kappa shape index (κ2) is 10.1. The van der Waals surface area contributed by atoms with E-state index in [4.69, 9.17) is 0 Å². The highest BCUT2D eigenvalue weighted by Crippen LogP contribution is 2.19. The van der Waals surface area contributed by atoms with E-state index < -0.39 is 0 Å². The summed E-state index contributed by atoms with van der Waals surface area (Å²) in [6.45, 7) is 13.1. The summed E-state index contributed by atoms with van der Waals surface area (Å²) in [6.07, 6.45) is 1.55. The second-order valence-electron chi connectivity index (χ2n) is 6.18. The number of Topliss-reactive ketones (excluding diaryl/α,β-unsaturated/α-hetero) is 1. The smallest absolute Gasteiger partial charge is 0.222 e. The van der Waals surface area contributed by atoms with Crippen LogP contribution in [0.5, 0.6) is 0 Å². The molecular weight excluding hydrogens is 300 g/mol. The van der Waals surface area contributed by atoms with Crippen LogP contribution in [0, 0.1) is 5.92 Å². The number of carbonyl (C=O) groups excluding carboxylic acids is 2. The zero-order chi connectivity index (χ0) is 18.1. The second-order valence-corrected chi connectivity index (χ2v) is 6.18. The number of carbonyl (C=O) groups is 2. The van der Waals surface area contributed by atoms with Crippen LogP contribution in [0.2, 0.25) is 0 Å². The topological polar surface area (TPSA) is 40.6 Å². The number of benzene rings is 1. The lowest BCUT2D eigenvalue weighted by molar-refractivity contribution is -0.131. The van der Waals surface area contributed by atoms with Gasteiger partial charge in [0.15, 0.2) is 5.78 Å². The number of amides is 1. The summed E-state index contributed by atoms with van der Waals surface area (Å²) in [5.41, 5.74) is 1.90. The first-order chi connectivity index (χ1) is 11.5. The number of ketones is 1. The highest BCUT2D eigenvalue weighted by molar-refractivity contribution is 5.97. The Morgan fingerprint density at radius 2 is 1.54 bits per heavy atom. The number of nitrogens with zero attached hydrogens (tertiary/aromatic N) is 2. The molecule has 1 aliphatic heterocycles. The molecule has 4 nitrogen and oxygen atoms in total. The Bertz CT molecular complexity index is 515. The summed E-state index contributed by atoms with van der Waals surface area (Å²) in [6, 6.07) is 7.84. The van der Waals surface area contributed by atoms with Gasteiger partial charge in [0.05, 0.1) is 0 Å². The quantitative estimate of drug-likeness (QED) is 0.765. The standard InChI is InChI=1S/C18H26N2O2.C2H6/c1-4-5-17(21)20-12-10-19(11-13-20)16-8-6-15(7-9-16)18(22)14(2)3;1-2/h6-9,14H,4-5,10-13H2,1-3H3;1-2H3. The van der Waals surface area contributed by atoms with E-state index in [1.165, 1.54) is 0 Å². The molecule has 4 heteroatoms. The molecule has 134 valence electrons. The molecule has 0 aliphatic carbocycles. The van der Waals surface area contributed by atoms with Crippen molar-refractivity contribution in [3.05, 3.63) is 29.8 Å². The monoisotopic (exact) mass is 332 g/mol. The van der Waals surface area contributed by atoms with Gasteiger partial charge in [-0.15, -0.1) is 0 Å². The molecular formula is C20H32N2O2. The van der Waals surface area contributed by atoms with Gasteiger partial charge in [0.25, 0.3) is 0 Å². The molecule has 1 aromatic rings. The molecule has 1 aromatic carbocycles. The SMILES string of the molecule is CC.CCCC(=O)N1CCN(c2ccc(C(=O)C(C)C)cc2)CC1. The van der Waals surface area contributed by atoms with E-state index in [2.05, 4.69) is 4.90 Å². The van der Waals surface area contributed by atoms with Crippen molar-refractivity contribution in [1.82, 2.24) is 4.90 Å². The fraction of sp³-hybridized carbons (Fsp3) is 0.600. The van der Waals surface area contributed by atoms with Crippen molar-refractivity contribution in [3.63, 3.8) is 0 Å². The number of anilines is 1. The van der Waals surface area contributed by atoms with Crippen LogP contribution in [0.25, 0.3) is 0 Å². The van der Waals surface area contributed by atoms with Crippen LogP contribution in [0.4, 0.5) is 5.69 Å². The maximum atomic E-state index is 12.0. The van der Waals surface area contributed by atoms with Crippen molar-refractivity contribution in [2.75, 3.05) is 31.1 Å². The Balaban J connectivity index is 0.00000139. The lowest BCUT2D eigenvalue weighted by Crippen LogP contribution is -2.48. The maximum Gasteiger partial charge on any atom is 0.222 e. The summed E-state index contributed by atoms with van der Waals surface area (Å²) in [4.78, 5) is 28.1. The average molecular weight is 332 g/mol. The summed E-state index contributed by atoms with van der Waals surface area (Å²) >= 11 is 0. The van der Waals surface area contributed by atoms with Gasteiger partial charge in [-0.3, -0.25) is 9.59 Å². The Morgan fingerprint density at radius 1 is 1.00 bits per heavy atom. The van der Waals surface area contributed by atoms with Gasteiger partial charge in [-0.05, 0) is 30.7 Å². The molecule has 0 N–H and O–H groups in total. The van der Waals surface area contributed by atoms with Crippen LogP contribution in [0.1, 0.15) is 57.8 Å². The molecule has 0 aromatic heterocycles. The third-order valence-corrected chi connectivity index (χ3v) is 4.14. The predicted molar refractivity (Wildman–Crippen MR) is 101 cm³/mol. The van der Waals surface area contributed by atoms with Gasteiger partial charge >= 0.3 is 0 Å². The zero-order valence-corrected chi connectivity index (χ0v) is 15.8. The highest BCUT2D eigenvalue weighted by Gasteiger charge is 2.20. The van der Waals surface area contributed by atoms with Gasteiger partial charge in [0, 0.05) is 49.8 Å². The van der Waals surface area contributed by atoms with Gasteiger partial charge in [0.1, 0.15) is 0 Å². The largest absolute Gasteiger partial charge is 0.368 e. The van der Waals surface area contributed by atoms with E-state index in [0.717, 1.165) is 43.9 Å². The van der Waals surface area contributed by atoms with Crippen molar-refractivity contribution in [1.29, 1.82) is 0 Å². The molecule has 1 fully saturated rings. The number of rotatable bonds is 5. The molecule has 24 heavy (non-hydrogen) atoms. The average Bonchev–Trinajstić information content (AvgIpc) is 2.63. The van der Waals surface area contributed by atoms with Crippen molar-refractivity contribution < 1.29 is 9.59 Å². The lowest BCUT2D eigenvalue weighted by atomic mass is 10.0. The van der Waals surface area contributed by atoms with Crippen molar-refractivity contribution in [2.24, 2.45) is 5.92 Å². The van der Waals surface area contributed by atoms with Crippen LogP contribution in [0.3, 0.4) is 0 Å². The lowest BCUT2D eigenvalue weighted by Gasteiger charge is -2.36. The fourth-order valence-corrected chi connectivity index (χ4v) is 2.76. The Hall–Kier alpha value is -1.84. The molecule has 0 radical (unpaired) electrons. The number of piperazine rings is 1. The minimum atomic E-state index is 0.0268. The van der Waals surface area contributed by atoms with Gasteiger partial charge in [-0.1, -0.05) is 34.6 Å². The van der Waals surface area contributed by atoms with Gasteiger partial charge in [-0.2, -0.15) is 0 Å². The van der Waals surface area contributed by atoms with Crippen LogP contribution in [0.15, 0.2) is 24.3 Å². The molecule has 1 saturated heterocycles. The normalized spacial score (nSPS) is 14.2. The summed E-state index contributed by atoms with van der Waals surface area (Å²) in [5, 5.41) is 0. The molecule has 1 heterocycles. The molecule has 0 spiro atoms. The molecule has 0 bridgehead atoms. The van der Waals surface area contributed by atoms with Crippen molar-refractivity contribution >= 4 is 17.4 Å². The fourth-order valence-electron chi connectivity index (χ4n) is 2.76. The summed E-state index contributed by atoms with van der Waals surface area (Å²) in [5.74, 6) is 0.473. The minimum Gasteiger partial charge on any atom is -0.368 e. The van der Waals surface area contributed by atoms with E-state index in [0.29, 0.717) is 6.42 Å². The van der Waals surface area contributed by atoms with Gasteiger partial charge in [-0.25, -0.2) is 0 Å². The first-order valence-corrected chi connectivity index (χ1v) is 9.20. The molecule has 0 atom stereocenters. The first kappa shape index (κ1) is 20.2. The molecule has 2 rings (SSSR count). The Labute approximate surface area is 146 Å². The third kappa shape index (κ3) is 5.36. The Morgan fingerprint density at radius 3 is 2.00 bits per heavy atom. The Kier molecular flexibility index (Phi) is 8.51. The van der Waals surface area contributed by atoms with E-state index in [9.17, 15) is 9.59 Å². The number of hydrogen-bond donors (Lipinski definition) is 0. The predicted octanol–water partition coefficient (Wildman–Crippen LogP) is 4.00. The third-order valence-electron chi connectivity index (χ3n) is 4.14. The summed E-state index contributed by atoms with van der Waals surface area (Å²) in [7, 11) is 0. The van der Waals surface area contributed by atoms with Crippen molar-refractivity contribution in [3.8, 4) is 0 Å². The molecule has 0 unspecified atom stereocenters. The zero-order valence-electron chi connectivity index (χ0n) is 15.8. The van der Waals surface area contributed by atoms with Crippen LogP contribution in [-0.2, 0) is 4.79 Å². The molecule has 0 saturated carbocycles. The van der Waals surface area contributed by atoms with Crippen LogP contribution < -0.4 is 4.90 Å². The first-order valence-electron chi connectivity index (χ1n) is 9.20. The van der Waals surface area contributed by atoms with Crippen LogP contribution in [-0.4, -0.2) is 42.8 Å².